The van der Waals surface area contributed by atoms with Crippen LogP contribution < -0.4 is 5.32 Å². The van der Waals surface area contributed by atoms with Crippen LogP contribution in [0.15, 0.2) is 22.6 Å². The van der Waals surface area contributed by atoms with Gasteiger partial charge in [0.05, 0.1) is 5.02 Å². The summed E-state index contributed by atoms with van der Waals surface area (Å²) >= 11 is 6.04. The molecule has 84 valence electrons. The van der Waals surface area contributed by atoms with Crippen LogP contribution in [-0.2, 0) is 6.42 Å². The predicted octanol–water partition coefficient (Wildman–Crippen LogP) is 2.78. The summed E-state index contributed by atoms with van der Waals surface area (Å²) in [5, 5.41) is 4.07. The Kier molecular flexibility index (Phi) is 2.58. The molecule has 1 aromatic heterocycles. The molecule has 0 bridgehead atoms. The molecule has 0 aliphatic carbocycles. The van der Waals surface area contributed by atoms with Gasteiger partial charge in [-0.25, -0.2) is 4.98 Å². The Morgan fingerprint density at radius 2 is 2.44 bits per heavy atom. The molecular weight excluding hydrogens is 224 g/mol. The molecule has 1 fully saturated rings. The maximum absolute atomic E-state index is 6.04. The lowest BCUT2D eigenvalue weighted by atomic mass is 10.2. The Hall–Kier alpha value is -1.06. The van der Waals surface area contributed by atoms with E-state index in [1.807, 2.05) is 18.2 Å². The van der Waals surface area contributed by atoms with Crippen LogP contribution in [0.4, 0.5) is 0 Å². The highest BCUT2D eigenvalue weighted by Gasteiger charge is 2.18. The fourth-order valence-electron chi connectivity index (χ4n) is 2.19. The van der Waals surface area contributed by atoms with Crippen LogP contribution in [0.2, 0.25) is 5.02 Å². The van der Waals surface area contributed by atoms with Gasteiger partial charge in [-0.05, 0) is 31.5 Å². The Labute approximate surface area is 98.8 Å². The van der Waals surface area contributed by atoms with Gasteiger partial charge in [-0.3, -0.25) is 0 Å². The number of hydrogen-bond donors (Lipinski definition) is 1. The molecule has 1 atom stereocenters. The normalized spacial score (nSPS) is 20.7. The maximum Gasteiger partial charge on any atom is 0.197 e. The molecule has 16 heavy (non-hydrogen) atoms. The van der Waals surface area contributed by atoms with Crippen molar-refractivity contribution < 1.29 is 4.42 Å². The number of nitrogens with one attached hydrogen (secondary N) is 1. The first-order chi connectivity index (χ1) is 7.83. The third-order valence-electron chi connectivity index (χ3n) is 2.99. The van der Waals surface area contributed by atoms with Gasteiger partial charge in [-0.15, -0.1) is 0 Å². The minimum absolute atomic E-state index is 0.506. The summed E-state index contributed by atoms with van der Waals surface area (Å²) in [5.41, 5.74) is 1.55. The van der Waals surface area contributed by atoms with E-state index in [1.165, 1.54) is 12.8 Å². The zero-order valence-corrected chi connectivity index (χ0v) is 9.63. The molecule has 0 radical (unpaired) electrons. The SMILES string of the molecule is Clc1cccc2nc(CC3CCCN3)oc12. The van der Waals surface area contributed by atoms with Crippen LogP contribution in [0.3, 0.4) is 0 Å². The van der Waals surface area contributed by atoms with Crippen molar-refractivity contribution in [1.82, 2.24) is 10.3 Å². The molecule has 1 aliphatic heterocycles. The standard InChI is InChI=1S/C12H13ClN2O/c13-9-4-1-5-10-12(9)16-11(15-10)7-8-3-2-6-14-8/h1,4-5,8,14H,2-3,6-7H2. The monoisotopic (exact) mass is 236 g/mol. The van der Waals surface area contributed by atoms with Crippen molar-refractivity contribution in [2.75, 3.05) is 6.54 Å². The fourth-order valence-corrected chi connectivity index (χ4v) is 2.40. The van der Waals surface area contributed by atoms with Gasteiger partial charge in [-0.1, -0.05) is 17.7 Å². The summed E-state index contributed by atoms with van der Waals surface area (Å²) in [7, 11) is 0. The Bertz CT molecular complexity index is 503. The highest BCUT2D eigenvalue weighted by Crippen LogP contribution is 2.25. The number of halogens is 1. The molecule has 1 N–H and O–H groups in total. The van der Waals surface area contributed by atoms with Crippen molar-refractivity contribution in [2.24, 2.45) is 0 Å². The molecule has 1 aliphatic rings. The first kappa shape index (κ1) is 10.1. The number of nitrogens with zero attached hydrogens (tertiary/aromatic N) is 1. The molecule has 1 aromatic carbocycles. The van der Waals surface area contributed by atoms with Crippen LogP contribution in [0, 0.1) is 0 Å². The van der Waals surface area contributed by atoms with E-state index in [9.17, 15) is 0 Å². The second-order valence-corrected chi connectivity index (χ2v) is 4.60. The number of para-hydroxylation sites is 1. The van der Waals surface area contributed by atoms with Crippen molar-refractivity contribution in [1.29, 1.82) is 0 Å². The molecule has 3 rings (SSSR count). The van der Waals surface area contributed by atoms with Crippen molar-refractivity contribution >= 4 is 22.7 Å². The number of benzene rings is 1. The zero-order chi connectivity index (χ0) is 11.0. The molecule has 2 heterocycles. The third kappa shape index (κ3) is 1.81. The van der Waals surface area contributed by atoms with Crippen LogP contribution >= 0.6 is 11.6 Å². The topological polar surface area (TPSA) is 38.1 Å². The van der Waals surface area contributed by atoms with Crippen LogP contribution in [-0.4, -0.2) is 17.6 Å². The Balaban J connectivity index is 1.90. The second kappa shape index (κ2) is 4.07. The van der Waals surface area contributed by atoms with E-state index in [4.69, 9.17) is 16.0 Å². The van der Waals surface area contributed by atoms with E-state index in [1.54, 1.807) is 0 Å². The van der Waals surface area contributed by atoms with E-state index in [2.05, 4.69) is 10.3 Å². The van der Waals surface area contributed by atoms with E-state index in [0.717, 1.165) is 24.4 Å². The summed E-state index contributed by atoms with van der Waals surface area (Å²) in [6.45, 7) is 1.10. The molecule has 0 saturated carbocycles. The van der Waals surface area contributed by atoms with Crippen LogP contribution in [0.25, 0.3) is 11.1 Å². The molecule has 3 nitrogen and oxygen atoms in total. The summed E-state index contributed by atoms with van der Waals surface area (Å²) in [5.74, 6) is 0.780. The van der Waals surface area contributed by atoms with Crippen molar-refractivity contribution in [3.05, 3.63) is 29.1 Å². The van der Waals surface area contributed by atoms with Crippen molar-refractivity contribution in [2.45, 2.75) is 25.3 Å². The van der Waals surface area contributed by atoms with Gasteiger partial charge < -0.3 is 9.73 Å². The molecule has 0 amide bonds. The number of hydrogen-bond acceptors (Lipinski definition) is 3. The van der Waals surface area contributed by atoms with Gasteiger partial charge >= 0.3 is 0 Å². The van der Waals surface area contributed by atoms with Crippen LogP contribution in [0.1, 0.15) is 18.7 Å². The quantitative estimate of drug-likeness (QED) is 0.872. The highest BCUT2D eigenvalue weighted by atomic mass is 35.5. The van der Waals surface area contributed by atoms with E-state index in [-0.39, 0.29) is 0 Å². The minimum atomic E-state index is 0.506. The molecule has 1 saturated heterocycles. The number of fused-ring (bicyclic) bond motifs is 1. The summed E-state index contributed by atoms with van der Waals surface area (Å²) in [6.07, 6.45) is 3.29. The van der Waals surface area contributed by atoms with E-state index < -0.39 is 0 Å². The fraction of sp³-hybridized carbons (Fsp3) is 0.417. The van der Waals surface area contributed by atoms with Crippen molar-refractivity contribution in [3.8, 4) is 0 Å². The third-order valence-corrected chi connectivity index (χ3v) is 3.29. The van der Waals surface area contributed by atoms with E-state index >= 15 is 0 Å². The zero-order valence-electron chi connectivity index (χ0n) is 8.87. The molecule has 1 unspecified atom stereocenters. The van der Waals surface area contributed by atoms with Gasteiger partial charge in [0.15, 0.2) is 11.5 Å². The number of oxazole rings is 1. The van der Waals surface area contributed by atoms with Crippen LogP contribution in [0.5, 0.6) is 0 Å². The molecule has 0 spiro atoms. The van der Waals surface area contributed by atoms with Gasteiger partial charge in [0.1, 0.15) is 5.52 Å². The maximum atomic E-state index is 6.04. The number of aromatic nitrogens is 1. The summed E-state index contributed by atoms with van der Waals surface area (Å²) in [6, 6.07) is 6.15. The Morgan fingerprint density at radius 1 is 1.50 bits per heavy atom. The number of rotatable bonds is 2. The predicted molar refractivity (Wildman–Crippen MR) is 63.7 cm³/mol. The largest absolute Gasteiger partial charge is 0.439 e. The second-order valence-electron chi connectivity index (χ2n) is 4.19. The lowest BCUT2D eigenvalue weighted by Gasteiger charge is -2.05. The van der Waals surface area contributed by atoms with E-state index in [0.29, 0.717) is 16.6 Å². The summed E-state index contributed by atoms with van der Waals surface area (Å²) in [4.78, 5) is 4.45. The Morgan fingerprint density at radius 3 is 3.19 bits per heavy atom. The van der Waals surface area contributed by atoms with Gasteiger partial charge in [-0.2, -0.15) is 0 Å². The lowest BCUT2D eigenvalue weighted by molar-refractivity contribution is 0.478. The smallest absolute Gasteiger partial charge is 0.197 e. The lowest BCUT2D eigenvalue weighted by Crippen LogP contribution is -2.23. The highest BCUT2D eigenvalue weighted by molar-refractivity contribution is 6.34. The molecule has 2 aromatic rings. The first-order valence-electron chi connectivity index (χ1n) is 5.60. The van der Waals surface area contributed by atoms with Gasteiger partial charge in [0.2, 0.25) is 0 Å². The average Bonchev–Trinajstić information content (AvgIpc) is 2.88. The van der Waals surface area contributed by atoms with Gasteiger partial charge in [0.25, 0.3) is 0 Å². The molecule has 4 heteroatoms. The average molecular weight is 237 g/mol. The van der Waals surface area contributed by atoms with Crippen molar-refractivity contribution in [3.63, 3.8) is 0 Å². The first-order valence-corrected chi connectivity index (χ1v) is 5.98. The minimum Gasteiger partial charge on any atom is -0.439 e. The molecular formula is C12H13ClN2O. The van der Waals surface area contributed by atoms with Gasteiger partial charge in [0, 0.05) is 12.5 Å². The summed E-state index contributed by atoms with van der Waals surface area (Å²) < 4.78 is 5.68.